The molecular formula is C39H43BN2. The lowest BCUT2D eigenvalue weighted by atomic mass is 9.33. The van der Waals surface area contributed by atoms with Gasteiger partial charge in [-0.15, -0.1) is 0 Å². The van der Waals surface area contributed by atoms with Gasteiger partial charge in [-0.1, -0.05) is 76.9 Å². The first-order chi connectivity index (χ1) is 19.9. The number of rotatable bonds is 1. The lowest BCUT2D eigenvalue weighted by molar-refractivity contribution is 0.195. The SMILES string of the molecule is Cc1cc(C)cc(N2c3cc(C)ccc3B3c4cccc5c4N(c4cc(C(C)(C)C)cc2c43)C2(C)CCCCC52C)c1. The van der Waals surface area contributed by atoms with Crippen LogP contribution in [0.3, 0.4) is 0 Å². The Morgan fingerprint density at radius 2 is 1.43 bits per heavy atom. The number of nitrogens with zero attached hydrogens (tertiary/aromatic N) is 2. The Morgan fingerprint density at radius 1 is 0.714 bits per heavy atom. The molecule has 3 aliphatic heterocycles. The first-order valence-corrected chi connectivity index (χ1v) is 16.0. The average molecular weight is 551 g/mol. The quantitative estimate of drug-likeness (QED) is 0.194. The van der Waals surface area contributed by atoms with E-state index in [1.165, 1.54) is 92.8 Å². The molecule has 1 aliphatic carbocycles. The average Bonchev–Trinajstić information content (AvgIpc) is 3.14. The highest BCUT2D eigenvalue weighted by atomic mass is 15.3. The van der Waals surface area contributed by atoms with Gasteiger partial charge in [-0.3, -0.25) is 0 Å². The molecule has 8 rings (SSSR count). The molecule has 0 radical (unpaired) electrons. The van der Waals surface area contributed by atoms with E-state index in [0.717, 1.165) is 0 Å². The third-order valence-electron chi connectivity index (χ3n) is 11.4. The molecule has 0 spiro atoms. The van der Waals surface area contributed by atoms with Crippen molar-refractivity contribution >= 4 is 51.5 Å². The smallest absolute Gasteiger partial charge is 0.252 e. The zero-order valence-electron chi connectivity index (χ0n) is 26.7. The molecule has 212 valence electrons. The summed E-state index contributed by atoms with van der Waals surface area (Å²) in [5.41, 5.74) is 18.4. The fourth-order valence-corrected chi connectivity index (χ4v) is 9.18. The van der Waals surface area contributed by atoms with Gasteiger partial charge in [-0.2, -0.15) is 0 Å². The molecule has 0 aromatic heterocycles. The van der Waals surface area contributed by atoms with Crippen LogP contribution in [-0.2, 0) is 10.8 Å². The van der Waals surface area contributed by atoms with Crippen LogP contribution in [0.25, 0.3) is 0 Å². The van der Waals surface area contributed by atoms with Gasteiger partial charge in [-0.25, -0.2) is 0 Å². The van der Waals surface area contributed by atoms with Gasteiger partial charge in [0.2, 0.25) is 0 Å². The van der Waals surface area contributed by atoms with Gasteiger partial charge in [0.15, 0.2) is 0 Å². The van der Waals surface area contributed by atoms with Crippen LogP contribution in [0.4, 0.5) is 28.4 Å². The fourth-order valence-electron chi connectivity index (χ4n) is 9.18. The first kappa shape index (κ1) is 26.2. The van der Waals surface area contributed by atoms with E-state index in [4.69, 9.17) is 0 Å². The summed E-state index contributed by atoms with van der Waals surface area (Å²) in [4.78, 5) is 5.44. The van der Waals surface area contributed by atoms with Crippen molar-refractivity contribution in [2.45, 2.75) is 97.4 Å². The van der Waals surface area contributed by atoms with E-state index in [9.17, 15) is 0 Å². The van der Waals surface area contributed by atoms with Crippen LogP contribution in [-0.4, -0.2) is 12.3 Å². The summed E-state index contributed by atoms with van der Waals surface area (Å²) in [5, 5.41) is 0. The van der Waals surface area contributed by atoms with E-state index in [-0.39, 0.29) is 23.1 Å². The van der Waals surface area contributed by atoms with Crippen molar-refractivity contribution in [1.29, 1.82) is 0 Å². The number of hydrogen-bond donors (Lipinski definition) is 0. The first-order valence-electron chi connectivity index (χ1n) is 16.0. The molecule has 4 aliphatic rings. The lowest BCUT2D eigenvalue weighted by Crippen LogP contribution is -2.64. The molecule has 2 atom stereocenters. The number of fused-ring (bicyclic) bond motifs is 7. The van der Waals surface area contributed by atoms with Crippen LogP contribution in [0.2, 0.25) is 0 Å². The molecule has 0 saturated heterocycles. The van der Waals surface area contributed by atoms with Gasteiger partial charge in [-0.05, 0) is 120 Å². The van der Waals surface area contributed by atoms with Gasteiger partial charge in [0.05, 0.1) is 5.54 Å². The minimum atomic E-state index is 0.0262. The Kier molecular flexibility index (Phi) is 5.20. The number of benzene rings is 4. The van der Waals surface area contributed by atoms with E-state index >= 15 is 0 Å². The standard InChI is InChI=1S/C39H43BN2/c1-24-14-15-30-32(21-24)41(28-19-25(2)18-26(3)20-28)33-22-27(37(4,5)6)23-34-35(33)40(30)31-13-11-12-29-36(31)42(34)39(8)17-10-9-16-38(29,39)7/h11-15,18-23H,9-10,16-17H2,1-8H3. The topological polar surface area (TPSA) is 6.48 Å². The van der Waals surface area contributed by atoms with Crippen molar-refractivity contribution in [3.05, 3.63) is 94.5 Å². The molecule has 4 aromatic carbocycles. The van der Waals surface area contributed by atoms with Crippen molar-refractivity contribution in [3.63, 3.8) is 0 Å². The number of hydrogen-bond acceptors (Lipinski definition) is 2. The van der Waals surface area contributed by atoms with Crippen LogP contribution < -0.4 is 26.2 Å². The van der Waals surface area contributed by atoms with Crippen LogP contribution in [0.1, 0.15) is 88.1 Å². The molecule has 0 N–H and O–H groups in total. The van der Waals surface area contributed by atoms with Gasteiger partial charge >= 0.3 is 0 Å². The maximum Gasteiger partial charge on any atom is 0.252 e. The highest BCUT2D eigenvalue weighted by Gasteiger charge is 2.61. The van der Waals surface area contributed by atoms with Crippen LogP contribution in [0, 0.1) is 20.8 Å². The Bertz CT molecular complexity index is 1790. The van der Waals surface area contributed by atoms with E-state index in [2.05, 4.69) is 132 Å². The second-order valence-electron chi connectivity index (χ2n) is 15.2. The molecule has 2 nitrogen and oxygen atoms in total. The number of para-hydroxylation sites is 1. The van der Waals surface area contributed by atoms with Crippen molar-refractivity contribution in [2.24, 2.45) is 0 Å². The largest absolute Gasteiger partial charge is 0.335 e. The third kappa shape index (κ3) is 3.23. The van der Waals surface area contributed by atoms with Gasteiger partial charge in [0.1, 0.15) is 0 Å². The minimum absolute atomic E-state index is 0.0262. The summed E-state index contributed by atoms with van der Waals surface area (Å²) in [6.07, 6.45) is 5.10. The second kappa shape index (κ2) is 8.34. The Labute approximate surface area is 252 Å². The maximum atomic E-state index is 2.85. The predicted molar refractivity (Wildman–Crippen MR) is 181 cm³/mol. The van der Waals surface area contributed by atoms with Gasteiger partial charge < -0.3 is 9.80 Å². The number of aryl methyl sites for hydroxylation is 3. The van der Waals surface area contributed by atoms with Crippen molar-refractivity contribution < 1.29 is 0 Å². The van der Waals surface area contributed by atoms with Crippen LogP contribution >= 0.6 is 0 Å². The minimum Gasteiger partial charge on any atom is -0.335 e. The van der Waals surface area contributed by atoms with Crippen LogP contribution in [0.15, 0.2) is 66.7 Å². The van der Waals surface area contributed by atoms with Gasteiger partial charge in [0, 0.05) is 33.9 Å². The molecule has 4 aromatic rings. The van der Waals surface area contributed by atoms with E-state index in [0.29, 0.717) is 0 Å². The molecular weight excluding hydrogens is 507 g/mol. The highest BCUT2D eigenvalue weighted by molar-refractivity contribution is 7.00. The normalized spacial score (nSPS) is 23.4. The molecule has 42 heavy (non-hydrogen) atoms. The summed E-state index contributed by atoms with van der Waals surface area (Å²) >= 11 is 0. The van der Waals surface area contributed by atoms with Crippen molar-refractivity contribution in [3.8, 4) is 0 Å². The molecule has 3 heteroatoms. The molecule has 1 fully saturated rings. The zero-order valence-corrected chi connectivity index (χ0v) is 26.7. The molecule has 3 heterocycles. The summed E-state index contributed by atoms with van der Waals surface area (Å²) in [6.45, 7) is 19.2. The maximum absolute atomic E-state index is 2.85. The Hall–Kier alpha value is -3.46. The summed E-state index contributed by atoms with van der Waals surface area (Å²) < 4.78 is 0. The monoisotopic (exact) mass is 550 g/mol. The molecule has 0 amide bonds. The van der Waals surface area contributed by atoms with E-state index in [1.54, 1.807) is 5.56 Å². The Balaban J connectivity index is 1.53. The highest BCUT2D eigenvalue weighted by Crippen LogP contribution is 2.61. The van der Waals surface area contributed by atoms with E-state index in [1.807, 2.05) is 0 Å². The fraction of sp³-hybridized carbons (Fsp3) is 0.385. The molecule has 1 saturated carbocycles. The second-order valence-corrected chi connectivity index (χ2v) is 15.2. The third-order valence-corrected chi connectivity index (χ3v) is 11.4. The summed E-state index contributed by atoms with van der Waals surface area (Å²) in [5.74, 6) is 0. The zero-order chi connectivity index (χ0) is 29.3. The van der Waals surface area contributed by atoms with Gasteiger partial charge in [0.25, 0.3) is 6.71 Å². The molecule has 0 bridgehead atoms. The van der Waals surface area contributed by atoms with Crippen molar-refractivity contribution in [2.75, 3.05) is 9.80 Å². The Morgan fingerprint density at radius 3 is 2.17 bits per heavy atom. The predicted octanol–water partition coefficient (Wildman–Crippen LogP) is 8.26. The molecule has 2 unspecified atom stereocenters. The summed E-state index contributed by atoms with van der Waals surface area (Å²) in [7, 11) is 0. The van der Waals surface area contributed by atoms with E-state index < -0.39 is 0 Å². The number of anilines is 5. The summed E-state index contributed by atoms with van der Waals surface area (Å²) in [6, 6.07) is 26.6. The lowest BCUT2D eigenvalue weighted by Gasteiger charge is -2.53. The van der Waals surface area contributed by atoms with Crippen molar-refractivity contribution in [1.82, 2.24) is 0 Å². The van der Waals surface area contributed by atoms with Crippen LogP contribution in [0.5, 0.6) is 0 Å².